The molecule has 1 fully saturated rings. The molecule has 2 aromatic rings. The molecule has 0 radical (unpaired) electrons. The first kappa shape index (κ1) is 20.0. The highest BCUT2D eigenvalue weighted by atomic mass is 19.4. The van der Waals surface area contributed by atoms with Gasteiger partial charge in [-0.15, -0.1) is 13.2 Å². The van der Waals surface area contributed by atoms with E-state index in [0.29, 0.717) is 17.1 Å². The molecule has 150 valence electrons. The number of alkyl halides is 3. The van der Waals surface area contributed by atoms with E-state index in [1.807, 2.05) is 0 Å². The van der Waals surface area contributed by atoms with E-state index in [4.69, 9.17) is 0 Å². The van der Waals surface area contributed by atoms with Crippen LogP contribution in [-0.4, -0.2) is 51.9 Å². The summed E-state index contributed by atoms with van der Waals surface area (Å²) in [7, 11) is 0. The van der Waals surface area contributed by atoms with Crippen LogP contribution in [0.3, 0.4) is 0 Å². The highest BCUT2D eigenvalue weighted by Crippen LogP contribution is 2.29. The number of likely N-dealkylation sites (tertiary alicyclic amines) is 1. The predicted molar refractivity (Wildman–Crippen MR) is 92.6 cm³/mol. The summed E-state index contributed by atoms with van der Waals surface area (Å²) in [6.45, 7) is 2.96. The molecule has 1 aliphatic heterocycles. The Balaban J connectivity index is 1.62. The van der Waals surface area contributed by atoms with Crippen LogP contribution in [-0.2, 0) is 9.53 Å². The second-order valence-corrected chi connectivity index (χ2v) is 6.49. The summed E-state index contributed by atoms with van der Waals surface area (Å²) in [4.78, 5) is 22.0. The van der Waals surface area contributed by atoms with Crippen LogP contribution < -0.4 is 5.32 Å². The number of amides is 1. The Labute approximate surface area is 158 Å². The Morgan fingerprint density at radius 2 is 1.96 bits per heavy atom. The molecule has 2 heterocycles. The van der Waals surface area contributed by atoms with Crippen molar-refractivity contribution in [2.45, 2.75) is 38.4 Å². The fraction of sp³-hybridized carbons (Fsp3) is 0.389. The first-order valence-corrected chi connectivity index (χ1v) is 8.53. The Hall–Kier alpha value is -2.75. The SMILES string of the molecule is C[C@@H](Nc1cc(-c2ccc(F)cc2)ncn1)C(=O)N1C[C@H](OC(F)(F)F)[C@@H]1C. The molecule has 1 aromatic heterocycles. The predicted octanol–water partition coefficient (Wildman–Crippen LogP) is 3.22. The van der Waals surface area contributed by atoms with Crippen molar-refractivity contribution in [2.75, 3.05) is 11.9 Å². The molecular weight excluding hydrogens is 380 g/mol. The third-order valence-electron chi connectivity index (χ3n) is 4.52. The topological polar surface area (TPSA) is 67.4 Å². The lowest BCUT2D eigenvalue weighted by molar-refractivity contribution is -0.359. The van der Waals surface area contributed by atoms with Crippen molar-refractivity contribution in [3.05, 3.63) is 42.5 Å². The van der Waals surface area contributed by atoms with Gasteiger partial charge in [0.25, 0.3) is 0 Å². The third kappa shape index (κ3) is 4.56. The van der Waals surface area contributed by atoms with Gasteiger partial charge < -0.3 is 10.2 Å². The average Bonchev–Trinajstić information content (AvgIpc) is 2.64. The number of benzene rings is 1. The average molecular weight is 398 g/mol. The first-order valence-electron chi connectivity index (χ1n) is 8.53. The summed E-state index contributed by atoms with van der Waals surface area (Å²) in [6.07, 6.45) is -4.49. The van der Waals surface area contributed by atoms with Gasteiger partial charge in [-0.1, -0.05) is 0 Å². The molecule has 1 aromatic carbocycles. The number of carbonyl (C=O) groups excluding carboxylic acids is 1. The number of nitrogens with zero attached hydrogens (tertiary/aromatic N) is 3. The minimum atomic E-state index is -4.73. The molecule has 1 aliphatic rings. The first-order chi connectivity index (χ1) is 13.1. The van der Waals surface area contributed by atoms with E-state index in [1.165, 1.54) is 30.3 Å². The van der Waals surface area contributed by atoms with Gasteiger partial charge in [-0.05, 0) is 38.1 Å². The highest BCUT2D eigenvalue weighted by molar-refractivity contribution is 5.85. The zero-order chi connectivity index (χ0) is 20.5. The van der Waals surface area contributed by atoms with Crippen LogP contribution in [0.5, 0.6) is 0 Å². The summed E-state index contributed by atoms with van der Waals surface area (Å²) < 4.78 is 53.9. The third-order valence-corrected chi connectivity index (χ3v) is 4.52. The molecular formula is C18H18F4N4O2. The Bertz CT molecular complexity index is 844. The highest BCUT2D eigenvalue weighted by Gasteiger charge is 2.46. The number of ether oxygens (including phenoxy) is 1. The number of nitrogens with one attached hydrogen (secondary N) is 1. The number of carbonyl (C=O) groups is 1. The number of anilines is 1. The van der Waals surface area contributed by atoms with Crippen molar-refractivity contribution in [3.8, 4) is 11.3 Å². The van der Waals surface area contributed by atoms with Crippen LogP contribution >= 0.6 is 0 Å². The second-order valence-electron chi connectivity index (χ2n) is 6.49. The Kier molecular flexibility index (Phi) is 5.50. The zero-order valence-corrected chi connectivity index (χ0v) is 15.1. The van der Waals surface area contributed by atoms with E-state index < -0.39 is 24.6 Å². The fourth-order valence-electron chi connectivity index (χ4n) is 2.92. The molecule has 1 saturated heterocycles. The minimum absolute atomic E-state index is 0.129. The molecule has 0 unspecified atom stereocenters. The van der Waals surface area contributed by atoms with Crippen molar-refractivity contribution < 1.29 is 27.1 Å². The monoisotopic (exact) mass is 398 g/mol. The Morgan fingerprint density at radius 3 is 2.57 bits per heavy atom. The van der Waals surface area contributed by atoms with Gasteiger partial charge >= 0.3 is 6.36 Å². The maximum absolute atomic E-state index is 13.0. The molecule has 0 spiro atoms. The molecule has 10 heteroatoms. The molecule has 28 heavy (non-hydrogen) atoms. The van der Waals surface area contributed by atoms with E-state index in [0.717, 1.165) is 0 Å². The van der Waals surface area contributed by atoms with E-state index in [1.54, 1.807) is 25.1 Å². The standard InChI is InChI=1S/C18H18F4N4O2/c1-10(17(27)26-8-15(11(26)2)28-18(20,21)22)25-16-7-14(23-9-24-16)12-3-5-13(19)6-4-12/h3-7,9-11,15H,8H2,1-2H3,(H,23,24,25)/t10-,11+,15+/m1/s1. The summed E-state index contributed by atoms with van der Waals surface area (Å²) >= 11 is 0. The van der Waals surface area contributed by atoms with Crippen molar-refractivity contribution in [2.24, 2.45) is 0 Å². The molecule has 0 saturated carbocycles. The van der Waals surface area contributed by atoms with Crippen LogP contribution in [0.1, 0.15) is 13.8 Å². The smallest absolute Gasteiger partial charge is 0.359 e. The fourth-order valence-corrected chi connectivity index (χ4v) is 2.92. The largest absolute Gasteiger partial charge is 0.522 e. The van der Waals surface area contributed by atoms with E-state index >= 15 is 0 Å². The lowest BCUT2D eigenvalue weighted by atomic mass is 10.00. The van der Waals surface area contributed by atoms with Gasteiger partial charge in [-0.3, -0.25) is 9.53 Å². The van der Waals surface area contributed by atoms with Crippen LogP contribution in [0.4, 0.5) is 23.4 Å². The second kappa shape index (κ2) is 7.70. The van der Waals surface area contributed by atoms with E-state index in [2.05, 4.69) is 20.0 Å². The minimum Gasteiger partial charge on any atom is -0.359 e. The molecule has 6 nitrogen and oxygen atoms in total. The van der Waals surface area contributed by atoms with Gasteiger partial charge in [0.05, 0.1) is 11.7 Å². The van der Waals surface area contributed by atoms with Crippen molar-refractivity contribution in [1.29, 1.82) is 0 Å². The molecule has 1 N–H and O–H groups in total. The summed E-state index contributed by atoms with van der Waals surface area (Å²) in [5.74, 6) is -0.366. The van der Waals surface area contributed by atoms with Crippen LogP contribution in [0, 0.1) is 5.82 Å². The molecule has 1 amide bonds. The van der Waals surface area contributed by atoms with Crippen molar-refractivity contribution in [3.63, 3.8) is 0 Å². The van der Waals surface area contributed by atoms with Gasteiger partial charge in [0.15, 0.2) is 0 Å². The lowest BCUT2D eigenvalue weighted by Crippen LogP contribution is -2.64. The van der Waals surface area contributed by atoms with Crippen LogP contribution in [0.15, 0.2) is 36.7 Å². The van der Waals surface area contributed by atoms with Crippen LogP contribution in [0.2, 0.25) is 0 Å². The van der Waals surface area contributed by atoms with Crippen molar-refractivity contribution >= 4 is 11.7 Å². The summed E-state index contributed by atoms with van der Waals surface area (Å²) in [5.41, 5.74) is 1.21. The van der Waals surface area contributed by atoms with Crippen molar-refractivity contribution in [1.82, 2.24) is 14.9 Å². The number of halogens is 4. The molecule has 3 atom stereocenters. The van der Waals surface area contributed by atoms with Gasteiger partial charge in [-0.25, -0.2) is 14.4 Å². The quantitative estimate of drug-likeness (QED) is 0.784. The maximum Gasteiger partial charge on any atom is 0.522 e. The maximum atomic E-state index is 13.0. The van der Waals surface area contributed by atoms with Crippen LogP contribution in [0.25, 0.3) is 11.3 Å². The van der Waals surface area contributed by atoms with E-state index in [9.17, 15) is 22.4 Å². The molecule has 0 bridgehead atoms. The molecule has 3 rings (SSSR count). The summed E-state index contributed by atoms with van der Waals surface area (Å²) in [6, 6.07) is 5.95. The Morgan fingerprint density at radius 1 is 1.29 bits per heavy atom. The molecule has 0 aliphatic carbocycles. The number of rotatable bonds is 5. The normalized spacial score (nSPS) is 20.4. The number of aromatic nitrogens is 2. The lowest BCUT2D eigenvalue weighted by Gasteiger charge is -2.46. The van der Waals surface area contributed by atoms with Gasteiger partial charge in [0, 0.05) is 18.2 Å². The van der Waals surface area contributed by atoms with Gasteiger partial charge in [0.2, 0.25) is 5.91 Å². The number of hydrogen-bond acceptors (Lipinski definition) is 5. The summed E-state index contributed by atoms with van der Waals surface area (Å²) in [5, 5.41) is 2.92. The van der Waals surface area contributed by atoms with Gasteiger partial charge in [0.1, 0.15) is 30.1 Å². The zero-order valence-electron chi connectivity index (χ0n) is 15.1. The van der Waals surface area contributed by atoms with E-state index in [-0.39, 0.29) is 18.3 Å². The van der Waals surface area contributed by atoms with Gasteiger partial charge in [-0.2, -0.15) is 0 Å². The number of hydrogen-bond donors (Lipinski definition) is 1.